The van der Waals surface area contributed by atoms with E-state index in [4.69, 9.17) is 4.74 Å². The molecule has 3 rings (SSSR count). The zero-order valence-corrected chi connectivity index (χ0v) is 13.2. The molecular formula is C16H26N4O2. The third-order valence-electron chi connectivity index (χ3n) is 4.57. The van der Waals surface area contributed by atoms with Gasteiger partial charge in [-0.25, -0.2) is 0 Å². The minimum Gasteiger partial charge on any atom is -0.378 e. The Labute approximate surface area is 131 Å². The van der Waals surface area contributed by atoms with Crippen molar-refractivity contribution in [3.8, 4) is 0 Å². The van der Waals surface area contributed by atoms with Crippen LogP contribution in [0.25, 0.3) is 0 Å². The number of nitrogens with zero attached hydrogens (tertiary/aromatic N) is 3. The lowest BCUT2D eigenvalue weighted by Crippen LogP contribution is -2.27. The fraction of sp³-hybridized carbons (Fsp3) is 0.812. The van der Waals surface area contributed by atoms with E-state index in [9.17, 15) is 4.79 Å². The summed E-state index contributed by atoms with van der Waals surface area (Å²) in [6, 6.07) is 0. The second-order valence-corrected chi connectivity index (χ2v) is 6.27. The first-order valence-corrected chi connectivity index (χ1v) is 8.62. The molecule has 0 aromatic carbocycles. The maximum absolute atomic E-state index is 11.9. The van der Waals surface area contributed by atoms with Crippen molar-refractivity contribution in [3.63, 3.8) is 0 Å². The normalized spacial score (nSPS) is 21.4. The van der Waals surface area contributed by atoms with Crippen LogP contribution in [0.4, 0.5) is 0 Å². The molecule has 0 aliphatic carbocycles. The number of nitrogens with one attached hydrogen (secondary N) is 1. The molecule has 1 saturated heterocycles. The van der Waals surface area contributed by atoms with Gasteiger partial charge in [0.25, 0.3) is 0 Å². The average molecular weight is 306 g/mol. The number of rotatable bonds is 6. The summed E-state index contributed by atoms with van der Waals surface area (Å²) in [5, 5.41) is 11.6. The van der Waals surface area contributed by atoms with Crippen LogP contribution in [0.3, 0.4) is 0 Å². The Kier molecular flexibility index (Phi) is 5.43. The predicted molar refractivity (Wildman–Crippen MR) is 82.5 cm³/mol. The summed E-state index contributed by atoms with van der Waals surface area (Å²) >= 11 is 0. The zero-order chi connectivity index (χ0) is 15.2. The molecule has 0 spiro atoms. The quantitative estimate of drug-likeness (QED) is 0.867. The summed E-state index contributed by atoms with van der Waals surface area (Å²) in [4.78, 5) is 11.9. The van der Waals surface area contributed by atoms with Crippen molar-refractivity contribution >= 4 is 5.91 Å². The summed E-state index contributed by atoms with van der Waals surface area (Å²) in [5.41, 5.74) is 0. The van der Waals surface area contributed by atoms with Crippen LogP contribution >= 0.6 is 0 Å². The molecule has 1 aromatic heterocycles. The number of aryl methyl sites for hydroxylation is 1. The molecule has 22 heavy (non-hydrogen) atoms. The molecule has 1 unspecified atom stereocenters. The number of carbonyl (C=O) groups is 1. The average Bonchev–Trinajstić information content (AvgIpc) is 3.11. The van der Waals surface area contributed by atoms with Gasteiger partial charge in [-0.2, -0.15) is 0 Å². The van der Waals surface area contributed by atoms with Gasteiger partial charge in [0.1, 0.15) is 11.6 Å². The number of hydrogen-bond donors (Lipinski definition) is 1. The maximum Gasteiger partial charge on any atom is 0.220 e. The fourth-order valence-corrected chi connectivity index (χ4v) is 3.30. The van der Waals surface area contributed by atoms with Crippen molar-refractivity contribution in [1.29, 1.82) is 0 Å². The van der Waals surface area contributed by atoms with Gasteiger partial charge in [0, 0.05) is 39.0 Å². The van der Waals surface area contributed by atoms with Crippen LogP contribution in [0.2, 0.25) is 0 Å². The molecule has 1 N–H and O–H groups in total. The number of hydrogen-bond acceptors (Lipinski definition) is 4. The van der Waals surface area contributed by atoms with Crippen molar-refractivity contribution in [2.75, 3.05) is 13.2 Å². The first-order valence-electron chi connectivity index (χ1n) is 8.62. The first-order chi connectivity index (χ1) is 10.8. The molecule has 2 aliphatic rings. The van der Waals surface area contributed by atoms with Gasteiger partial charge in [-0.3, -0.25) is 4.79 Å². The Hall–Kier alpha value is -1.43. The maximum atomic E-state index is 11.9. The SMILES string of the molecule is O=C(CCC1CCCO1)NCCc1nnc2n1CCCCC2. The highest BCUT2D eigenvalue weighted by Gasteiger charge is 2.17. The Balaban J connectivity index is 1.39. The minimum atomic E-state index is 0.117. The van der Waals surface area contributed by atoms with Crippen LogP contribution < -0.4 is 5.32 Å². The highest BCUT2D eigenvalue weighted by molar-refractivity contribution is 5.75. The van der Waals surface area contributed by atoms with Crippen LogP contribution in [0.5, 0.6) is 0 Å². The van der Waals surface area contributed by atoms with Gasteiger partial charge < -0.3 is 14.6 Å². The summed E-state index contributed by atoms with van der Waals surface area (Å²) < 4.78 is 7.78. The second kappa shape index (κ2) is 7.72. The highest BCUT2D eigenvalue weighted by Crippen LogP contribution is 2.17. The third-order valence-corrected chi connectivity index (χ3v) is 4.57. The summed E-state index contributed by atoms with van der Waals surface area (Å²) in [5.74, 6) is 2.24. The molecule has 1 aromatic rings. The van der Waals surface area contributed by atoms with E-state index in [1.54, 1.807) is 0 Å². The minimum absolute atomic E-state index is 0.117. The Morgan fingerprint density at radius 3 is 3.09 bits per heavy atom. The van der Waals surface area contributed by atoms with E-state index in [-0.39, 0.29) is 12.0 Å². The fourth-order valence-electron chi connectivity index (χ4n) is 3.30. The Bertz CT molecular complexity index is 494. The molecule has 0 saturated carbocycles. The zero-order valence-electron chi connectivity index (χ0n) is 13.2. The molecule has 2 aliphatic heterocycles. The lowest BCUT2D eigenvalue weighted by atomic mass is 10.1. The number of amides is 1. The number of carbonyl (C=O) groups excluding carboxylic acids is 1. The topological polar surface area (TPSA) is 69.0 Å². The van der Waals surface area contributed by atoms with Crippen LogP contribution in [-0.2, 0) is 28.9 Å². The van der Waals surface area contributed by atoms with Gasteiger partial charge in [0.15, 0.2) is 0 Å². The highest BCUT2D eigenvalue weighted by atomic mass is 16.5. The van der Waals surface area contributed by atoms with E-state index in [2.05, 4.69) is 20.1 Å². The molecule has 1 fully saturated rings. The molecule has 3 heterocycles. The smallest absolute Gasteiger partial charge is 0.220 e. The molecule has 1 amide bonds. The van der Waals surface area contributed by atoms with E-state index in [1.807, 2.05) is 0 Å². The number of fused-ring (bicyclic) bond motifs is 1. The lowest BCUT2D eigenvalue weighted by molar-refractivity contribution is -0.121. The molecular weight excluding hydrogens is 280 g/mol. The van der Waals surface area contributed by atoms with Crippen LogP contribution in [0.15, 0.2) is 0 Å². The first kappa shape index (κ1) is 15.5. The molecule has 1 atom stereocenters. The largest absolute Gasteiger partial charge is 0.378 e. The molecule has 6 heteroatoms. The van der Waals surface area contributed by atoms with E-state index in [1.165, 1.54) is 19.3 Å². The lowest BCUT2D eigenvalue weighted by Gasteiger charge is -2.10. The van der Waals surface area contributed by atoms with E-state index in [0.717, 1.165) is 56.9 Å². The van der Waals surface area contributed by atoms with Gasteiger partial charge in [0.2, 0.25) is 5.91 Å². The Morgan fingerprint density at radius 1 is 1.27 bits per heavy atom. The van der Waals surface area contributed by atoms with Crippen LogP contribution in [0.1, 0.15) is 56.6 Å². The van der Waals surface area contributed by atoms with Gasteiger partial charge in [-0.1, -0.05) is 6.42 Å². The molecule has 0 radical (unpaired) electrons. The molecule has 122 valence electrons. The van der Waals surface area contributed by atoms with Crippen molar-refractivity contribution in [2.24, 2.45) is 0 Å². The predicted octanol–water partition coefficient (Wildman–Crippen LogP) is 1.62. The summed E-state index contributed by atoms with van der Waals surface area (Å²) in [7, 11) is 0. The van der Waals surface area contributed by atoms with Gasteiger partial charge in [-0.15, -0.1) is 10.2 Å². The van der Waals surface area contributed by atoms with Crippen LogP contribution in [-0.4, -0.2) is 39.9 Å². The van der Waals surface area contributed by atoms with Gasteiger partial charge in [0.05, 0.1) is 6.10 Å². The molecule has 6 nitrogen and oxygen atoms in total. The third kappa shape index (κ3) is 4.06. The summed E-state index contributed by atoms with van der Waals surface area (Å²) in [6.07, 6.45) is 9.38. The van der Waals surface area contributed by atoms with Crippen LogP contribution in [0, 0.1) is 0 Å². The number of ether oxygens (including phenoxy) is 1. The van der Waals surface area contributed by atoms with Crippen molar-refractivity contribution in [2.45, 2.75) is 70.4 Å². The van der Waals surface area contributed by atoms with Gasteiger partial charge >= 0.3 is 0 Å². The second-order valence-electron chi connectivity index (χ2n) is 6.27. The monoisotopic (exact) mass is 306 g/mol. The number of aromatic nitrogens is 3. The summed E-state index contributed by atoms with van der Waals surface area (Å²) in [6.45, 7) is 2.51. The van der Waals surface area contributed by atoms with E-state index in [0.29, 0.717) is 13.0 Å². The van der Waals surface area contributed by atoms with E-state index < -0.39 is 0 Å². The van der Waals surface area contributed by atoms with Crippen molar-refractivity contribution < 1.29 is 9.53 Å². The Morgan fingerprint density at radius 2 is 2.23 bits per heavy atom. The van der Waals surface area contributed by atoms with Gasteiger partial charge in [-0.05, 0) is 32.1 Å². The van der Waals surface area contributed by atoms with E-state index >= 15 is 0 Å². The van der Waals surface area contributed by atoms with Crippen molar-refractivity contribution in [3.05, 3.63) is 11.6 Å². The molecule has 0 bridgehead atoms. The van der Waals surface area contributed by atoms with Crippen molar-refractivity contribution in [1.82, 2.24) is 20.1 Å². The standard InChI is InChI=1S/C16H26N4O2/c21-16(8-7-13-5-4-12-22-13)17-10-9-15-19-18-14-6-2-1-3-11-20(14)15/h13H,1-12H2,(H,17,21).